The molecule has 0 aliphatic heterocycles. The van der Waals surface area contributed by atoms with E-state index in [0.29, 0.717) is 17.6 Å². The molecule has 0 radical (unpaired) electrons. The summed E-state index contributed by atoms with van der Waals surface area (Å²) in [6.07, 6.45) is 2.56. The standard InChI is InChI=1S/C31H35N5O3S/c1-6-19-39-27-15-7-22(8-16-27)20-32-33-28(37)21-40-30-35-34-29(23-9-11-24(12-10-23)31(2,3)4)36(30)25-13-17-26(38-5)18-14-25/h7-18,20H,6,19,21H2,1-5H3,(H,33,37). The highest BCUT2D eigenvalue weighted by molar-refractivity contribution is 7.99. The number of nitrogens with zero attached hydrogens (tertiary/aromatic N) is 4. The second-order valence-corrected chi connectivity index (χ2v) is 11.1. The summed E-state index contributed by atoms with van der Waals surface area (Å²) in [4.78, 5) is 12.6. The smallest absolute Gasteiger partial charge is 0.250 e. The normalized spacial score (nSPS) is 11.5. The highest BCUT2D eigenvalue weighted by Gasteiger charge is 2.19. The Morgan fingerprint density at radius 1 is 0.975 bits per heavy atom. The van der Waals surface area contributed by atoms with Crippen molar-refractivity contribution in [2.75, 3.05) is 19.5 Å². The maximum atomic E-state index is 12.6. The Hall–Kier alpha value is -4.11. The van der Waals surface area contributed by atoms with E-state index < -0.39 is 0 Å². The Morgan fingerprint density at radius 2 is 1.65 bits per heavy atom. The molecule has 0 spiro atoms. The Kier molecular flexibility index (Phi) is 9.60. The van der Waals surface area contributed by atoms with Crippen molar-refractivity contribution in [1.29, 1.82) is 0 Å². The number of rotatable bonds is 11. The monoisotopic (exact) mass is 557 g/mol. The molecule has 4 aromatic rings. The third-order valence-electron chi connectivity index (χ3n) is 6.06. The minimum absolute atomic E-state index is 0.0472. The zero-order valence-electron chi connectivity index (χ0n) is 23.5. The molecule has 4 rings (SSSR count). The van der Waals surface area contributed by atoms with Gasteiger partial charge in [0.05, 0.1) is 25.7 Å². The molecule has 0 unspecified atom stereocenters. The van der Waals surface area contributed by atoms with Crippen LogP contribution < -0.4 is 14.9 Å². The van der Waals surface area contributed by atoms with Gasteiger partial charge in [0, 0.05) is 11.3 Å². The van der Waals surface area contributed by atoms with Crippen molar-refractivity contribution in [2.45, 2.75) is 44.7 Å². The van der Waals surface area contributed by atoms with Crippen LogP contribution in [0, 0.1) is 0 Å². The number of nitrogens with one attached hydrogen (secondary N) is 1. The van der Waals surface area contributed by atoms with E-state index in [-0.39, 0.29) is 17.1 Å². The van der Waals surface area contributed by atoms with Gasteiger partial charge in [-0.1, -0.05) is 63.7 Å². The first kappa shape index (κ1) is 28.9. The van der Waals surface area contributed by atoms with Crippen molar-refractivity contribution < 1.29 is 14.3 Å². The topological polar surface area (TPSA) is 90.6 Å². The number of hydrogen-bond acceptors (Lipinski definition) is 7. The summed E-state index contributed by atoms with van der Waals surface area (Å²) in [5, 5.41) is 13.6. The highest BCUT2D eigenvalue weighted by Crippen LogP contribution is 2.30. The summed E-state index contributed by atoms with van der Waals surface area (Å²) in [5.41, 5.74) is 6.53. The second kappa shape index (κ2) is 13.3. The zero-order chi connectivity index (χ0) is 28.5. The molecular weight excluding hydrogens is 522 g/mol. The van der Waals surface area contributed by atoms with E-state index in [9.17, 15) is 4.79 Å². The van der Waals surface area contributed by atoms with Crippen molar-refractivity contribution in [3.05, 3.63) is 83.9 Å². The molecule has 0 bridgehead atoms. The molecule has 0 atom stereocenters. The van der Waals surface area contributed by atoms with Crippen LogP contribution in [0.2, 0.25) is 0 Å². The van der Waals surface area contributed by atoms with Gasteiger partial charge in [-0.3, -0.25) is 9.36 Å². The SMILES string of the molecule is CCCOc1ccc(C=NNC(=O)CSc2nnc(-c3ccc(C(C)(C)C)cc3)n2-c2ccc(OC)cc2)cc1. The number of thioether (sulfide) groups is 1. The number of carbonyl (C=O) groups is 1. The molecule has 0 saturated heterocycles. The van der Waals surface area contributed by atoms with Crippen LogP contribution in [0.4, 0.5) is 0 Å². The molecule has 208 valence electrons. The molecule has 9 heteroatoms. The van der Waals surface area contributed by atoms with Crippen molar-refractivity contribution in [3.8, 4) is 28.6 Å². The van der Waals surface area contributed by atoms with Crippen molar-refractivity contribution in [1.82, 2.24) is 20.2 Å². The Labute approximate surface area is 239 Å². The molecule has 0 aliphatic carbocycles. The molecule has 0 aliphatic rings. The first-order valence-corrected chi connectivity index (χ1v) is 14.2. The number of hydrogen-bond donors (Lipinski definition) is 1. The van der Waals surface area contributed by atoms with E-state index >= 15 is 0 Å². The van der Waals surface area contributed by atoms with Gasteiger partial charge in [-0.2, -0.15) is 5.10 Å². The molecule has 40 heavy (non-hydrogen) atoms. The van der Waals surface area contributed by atoms with Gasteiger partial charge in [-0.05, 0) is 71.5 Å². The van der Waals surface area contributed by atoms with E-state index in [1.165, 1.54) is 17.3 Å². The molecular formula is C31H35N5O3S. The lowest BCUT2D eigenvalue weighted by Gasteiger charge is -2.19. The molecule has 8 nitrogen and oxygen atoms in total. The van der Waals surface area contributed by atoms with E-state index in [0.717, 1.165) is 34.7 Å². The van der Waals surface area contributed by atoms with Gasteiger partial charge in [-0.25, -0.2) is 5.43 Å². The number of hydrazone groups is 1. The fourth-order valence-corrected chi connectivity index (χ4v) is 4.59. The molecule has 1 heterocycles. The number of carbonyl (C=O) groups excluding carboxylic acids is 1. The van der Waals surface area contributed by atoms with Crippen LogP contribution in [0.15, 0.2) is 83.1 Å². The molecule has 1 aromatic heterocycles. The van der Waals surface area contributed by atoms with Crippen LogP contribution >= 0.6 is 11.8 Å². The van der Waals surface area contributed by atoms with Crippen LogP contribution in [0.1, 0.15) is 45.2 Å². The summed E-state index contributed by atoms with van der Waals surface area (Å²) >= 11 is 1.29. The third kappa shape index (κ3) is 7.51. The first-order valence-electron chi connectivity index (χ1n) is 13.2. The van der Waals surface area contributed by atoms with Gasteiger partial charge < -0.3 is 9.47 Å². The van der Waals surface area contributed by atoms with E-state index in [2.05, 4.69) is 72.7 Å². The molecule has 3 aromatic carbocycles. The van der Waals surface area contributed by atoms with Gasteiger partial charge >= 0.3 is 0 Å². The van der Waals surface area contributed by atoms with Gasteiger partial charge in [0.15, 0.2) is 11.0 Å². The Morgan fingerprint density at radius 3 is 2.27 bits per heavy atom. The summed E-state index contributed by atoms with van der Waals surface area (Å²) < 4.78 is 12.9. The summed E-state index contributed by atoms with van der Waals surface area (Å²) in [6, 6.07) is 23.6. The zero-order valence-corrected chi connectivity index (χ0v) is 24.4. The van der Waals surface area contributed by atoms with E-state index in [4.69, 9.17) is 9.47 Å². The quantitative estimate of drug-likeness (QED) is 0.133. The van der Waals surface area contributed by atoms with Crippen LogP contribution in [0.25, 0.3) is 17.1 Å². The maximum absolute atomic E-state index is 12.6. The number of amides is 1. The highest BCUT2D eigenvalue weighted by atomic mass is 32.2. The van der Waals surface area contributed by atoms with E-state index in [1.54, 1.807) is 13.3 Å². The minimum Gasteiger partial charge on any atom is -0.497 e. The van der Waals surface area contributed by atoms with Crippen molar-refractivity contribution >= 4 is 23.9 Å². The average Bonchev–Trinajstić information content (AvgIpc) is 3.39. The van der Waals surface area contributed by atoms with Crippen LogP contribution in [-0.2, 0) is 10.2 Å². The molecule has 0 fully saturated rings. The third-order valence-corrected chi connectivity index (χ3v) is 6.99. The fraction of sp³-hybridized carbons (Fsp3) is 0.290. The van der Waals surface area contributed by atoms with Gasteiger partial charge in [-0.15, -0.1) is 10.2 Å². The van der Waals surface area contributed by atoms with E-state index in [1.807, 2.05) is 53.1 Å². The summed E-state index contributed by atoms with van der Waals surface area (Å²) in [7, 11) is 1.63. The lowest BCUT2D eigenvalue weighted by Crippen LogP contribution is -2.20. The fourth-order valence-electron chi connectivity index (χ4n) is 3.84. The Balaban J connectivity index is 1.48. The first-order chi connectivity index (χ1) is 19.3. The van der Waals surface area contributed by atoms with Crippen LogP contribution in [-0.4, -0.2) is 46.4 Å². The predicted molar refractivity (Wildman–Crippen MR) is 161 cm³/mol. The predicted octanol–water partition coefficient (Wildman–Crippen LogP) is 6.27. The average molecular weight is 558 g/mol. The Bertz CT molecular complexity index is 1420. The lowest BCUT2D eigenvalue weighted by molar-refractivity contribution is -0.118. The lowest BCUT2D eigenvalue weighted by atomic mass is 9.87. The largest absolute Gasteiger partial charge is 0.497 e. The number of methoxy groups -OCH3 is 1. The molecule has 1 amide bonds. The number of benzene rings is 3. The maximum Gasteiger partial charge on any atom is 0.250 e. The van der Waals surface area contributed by atoms with Crippen LogP contribution in [0.3, 0.4) is 0 Å². The van der Waals surface area contributed by atoms with Crippen LogP contribution in [0.5, 0.6) is 11.5 Å². The number of ether oxygens (including phenoxy) is 2. The second-order valence-electron chi connectivity index (χ2n) is 10.2. The van der Waals surface area contributed by atoms with Gasteiger partial charge in [0.2, 0.25) is 0 Å². The molecule has 1 N–H and O–H groups in total. The summed E-state index contributed by atoms with van der Waals surface area (Å²) in [6.45, 7) is 9.30. The number of aromatic nitrogens is 3. The summed E-state index contributed by atoms with van der Waals surface area (Å²) in [5.74, 6) is 2.13. The van der Waals surface area contributed by atoms with Crippen molar-refractivity contribution in [2.24, 2.45) is 5.10 Å². The molecule has 0 saturated carbocycles. The van der Waals surface area contributed by atoms with Gasteiger partial charge in [0.25, 0.3) is 5.91 Å². The van der Waals surface area contributed by atoms with Gasteiger partial charge in [0.1, 0.15) is 11.5 Å². The minimum atomic E-state index is -0.246. The van der Waals surface area contributed by atoms with Crippen molar-refractivity contribution in [3.63, 3.8) is 0 Å².